The molecule has 1 saturated heterocycles. The number of nitrogens with zero attached hydrogens (tertiary/aromatic N) is 2. The summed E-state index contributed by atoms with van der Waals surface area (Å²) in [5, 5.41) is 0. The van der Waals surface area contributed by atoms with E-state index in [0.717, 1.165) is 22.9 Å². The van der Waals surface area contributed by atoms with Crippen LogP contribution in [0.2, 0.25) is 0 Å². The Morgan fingerprint density at radius 3 is 2.54 bits per heavy atom. The molecule has 1 aliphatic rings. The third-order valence-electron chi connectivity index (χ3n) is 5.64. The second-order valence-corrected chi connectivity index (χ2v) is 10.2. The lowest BCUT2D eigenvalue weighted by molar-refractivity contribution is -0.139. The first-order valence-corrected chi connectivity index (χ1v) is 12.5. The molecule has 0 spiro atoms. The zero-order valence-electron chi connectivity index (χ0n) is 18.8. The van der Waals surface area contributed by atoms with Gasteiger partial charge >= 0.3 is 6.18 Å². The maximum atomic E-state index is 13.6. The smallest absolute Gasteiger partial charge is 0.417 e. The number of pyridine rings is 1. The second-order valence-electron chi connectivity index (χ2n) is 8.28. The molecule has 0 radical (unpaired) electrons. The monoisotopic (exact) mass is 506 g/mol. The molecule has 1 atom stereocenters. The van der Waals surface area contributed by atoms with E-state index in [1.54, 1.807) is 42.5 Å². The molecule has 2 heterocycles. The van der Waals surface area contributed by atoms with Crippen molar-refractivity contribution in [3.63, 3.8) is 0 Å². The SMILES string of the molecule is O=S(=O)(c1ccccc1C(F)(F)F)N(Cc1cccc(OC[C@H]2CCOC2)c1)Cc1ccccn1. The third kappa shape index (κ3) is 6.39. The van der Waals surface area contributed by atoms with Crippen LogP contribution in [0.15, 0.2) is 77.8 Å². The van der Waals surface area contributed by atoms with Crippen LogP contribution in [0.1, 0.15) is 23.2 Å². The molecule has 4 rings (SSSR count). The zero-order valence-corrected chi connectivity index (χ0v) is 19.6. The molecule has 0 amide bonds. The number of benzene rings is 2. The Bertz CT molecular complexity index is 1230. The van der Waals surface area contributed by atoms with Crippen LogP contribution in [-0.4, -0.2) is 37.5 Å². The molecule has 0 unspecified atom stereocenters. The number of alkyl halides is 3. The Labute approximate surface area is 202 Å². The maximum Gasteiger partial charge on any atom is 0.417 e. The predicted octanol–water partition coefficient (Wildman–Crippen LogP) is 4.91. The number of sulfonamides is 1. The Morgan fingerprint density at radius 1 is 1.03 bits per heavy atom. The van der Waals surface area contributed by atoms with Gasteiger partial charge in [-0.05, 0) is 48.4 Å². The largest absolute Gasteiger partial charge is 0.493 e. The first-order chi connectivity index (χ1) is 16.7. The number of aromatic nitrogens is 1. The Balaban J connectivity index is 1.64. The van der Waals surface area contributed by atoms with Crippen LogP contribution in [0.4, 0.5) is 13.2 Å². The van der Waals surface area contributed by atoms with Crippen molar-refractivity contribution in [2.75, 3.05) is 19.8 Å². The summed E-state index contributed by atoms with van der Waals surface area (Å²) >= 11 is 0. The summed E-state index contributed by atoms with van der Waals surface area (Å²) < 4.78 is 80.2. The third-order valence-corrected chi connectivity index (χ3v) is 7.49. The Kier molecular flexibility index (Phi) is 7.73. The van der Waals surface area contributed by atoms with Crippen LogP contribution in [-0.2, 0) is 34.0 Å². The predicted molar refractivity (Wildman–Crippen MR) is 123 cm³/mol. The van der Waals surface area contributed by atoms with E-state index >= 15 is 0 Å². The molecule has 186 valence electrons. The summed E-state index contributed by atoms with van der Waals surface area (Å²) in [7, 11) is -4.53. The van der Waals surface area contributed by atoms with Gasteiger partial charge in [0.2, 0.25) is 10.0 Å². The van der Waals surface area contributed by atoms with Gasteiger partial charge in [-0.3, -0.25) is 4.98 Å². The van der Waals surface area contributed by atoms with Crippen LogP contribution in [0, 0.1) is 5.92 Å². The first-order valence-electron chi connectivity index (χ1n) is 11.1. The van der Waals surface area contributed by atoms with Gasteiger partial charge in [0.1, 0.15) is 5.75 Å². The summed E-state index contributed by atoms with van der Waals surface area (Å²) in [6.07, 6.45) is -2.41. The lowest BCUT2D eigenvalue weighted by Gasteiger charge is -2.24. The fourth-order valence-electron chi connectivity index (χ4n) is 3.83. The van der Waals surface area contributed by atoms with Crippen molar-refractivity contribution in [1.82, 2.24) is 9.29 Å². The van der Waals surface area contributed by atoms with E-state index in [0.29, 0.717) is 42.7 Å². The van der Waals surface area contributed by atoms with E-state index in [1.165, 1.54) is 18.3 Å². The van der Waals surface area contributed by atoms with Gasteiger partial charge in [-0.15, -0.1) is 0 Å². The molecule has 10 heteroatoms. The Morgan fingerprint density at radius 2 is 1.83 bits per heavy atom. The summed E-state index contributed by atoms with van der Waals surface area (Å²) in [5.41, 5.74) is -0.217. The molecule has 0 saturated carbocycles. The number of ether oxygens (including phenoxy) is 2. The van der Waals surface area contributed by atoms with Gasteiger partial charge in [-0.2, -0.15) is 17.5 Å². The topological polar surface area (TPSA) is 68.7 Å². The molecular formula is C25H25F3N2O4S. The van der Waals surface area contributed by atoms with Crippen molar-refractivity contribution in [3.05, 3.63) is 89.7 Å². The fraction of sp³-hybridized carbons (Fsp3) is 0.320. The molecule has 0 N–H and O–H groups in total. The first kappa shape index (κ1) is 25.2. The van der Waals surface area contributed by atoms with E-state index in [4.69, 9.17) is 9.47 Å². The molecular weight excluding hydrogens is 481 g/mol. The van der Waals surface area contributed by atoms with Gasteiger partial charge in [0.05, 0.1) is 35.9 Å². The van der Waals surface area contributed by atoms with E-state index in [2.05, 4.69) is 4.98 Å². The molecule has 1 fully saturated rings. The minimum Gasteiger partial charge on any atom is -0.493 e. The van der Waals surface area contributed by atoms with Crippen molar-refractivity contribution >= 4 is 10.0 Å². The van der Waals surface area contributed by atoms with Gasteiger partial charge in [-0.1, -0.05) is 30.3 Å². The number of hydrogen-bond acceptors (Lipinski definition) is 5. The molecule has 1 aliphatic heterocycles. The molecule has 35 heavy (non-hydrogen) atoms. The van der Waals surface area contributed by atoms with Gasteiger partial charge < -0.3 is 9.47 Å². The molecule has 6 nitrogen and oxygen atoms in total. The average molecular weight is 507 g/mol. The highest BCUT2D eigenvalue weighted by Gasteiger charge is 2.39. The van der Waals surface area contributed by atoms with E-state index in [1.807, 2.05) is 0 Å². The minimum atomic E-state index is -4.82. The summed E-state index contributed by atoms with van der Waals surface area (Å²) in [5.74, 6) is 0.846. The quantitative estimate of drug-likeness (QED) is 0.413. The number of hydrogen-bond donors (Lipinski definition) is 0. The van der Waals surface area contributed by atoms with Gasteiger partial charge in [0.25, 0.3) is 0 Å². The maximum absolute atomic E-state index is 13.6. The summed E-state index contributed by atoms with van der Waals surface area (Å²) in [4.78, 5) is 3.37. The van der Waals surface area contributed by atoms with Crippen molar-refractivity contribution in [3.8, 4) is 5.75 Å². The minimum absolute atomic E-state index is 0.158. The number of rotatable bonds is 9. The molecule has 0 bridgehead atoms. The van der Waals surface area contributed by atoms with Crippen molar-refractivity contribution in [2.45, 2.75) is 30.6 Å². The van der Waals surface area contributed by atoms with Crippen molar-refractivity contribution in [1.29, 1.82) is 0 Å². The standard InChI is InChI=1S/C25H25F3N2O4S/c26-25(27,28)23-9-1-2-10-24(23)35(31,32)30(16-21-7-3-4-12-29-21)15-19-6-5-8-22(14-19)34-18-20-11-13-33-17-20/h1-10,12,14,20H,11,13,15-18H2/t20-/m0/s1. The molecule has 2 aromatic carbocycles. The highest BCUT2D eigenvalue weighted by molar-refractivity contribution is 7.89. The normalized spacial score (nSPS) is 16.5. The Hall–Kier alpha value is -2.95. The molecule has 1 aromatic heterocycles. The van der Waals surface area contributed by atoms with Crippen LogP contribution in [0.25, 0.3) is 0 Å². The highest BCUT2D eigenvalue weighted by Crippen LogP contribution is 2.36. The lowest BCUT2D eigenvalue weighted by Crippen LogP contribution is -2.32. The lowest BCUT2D eigenvalue weighted by atomic mass is 10.1. The molecule has 3 aromatic rings. The summed E-state index contributed by atoms with van der Waals surface area (Å²) in [6.45, 7) is 1.45. The van der Waals surface area contributed by atoms with Crippen LogP contribution in [0.5, 0.6) is 5.75 Å². The summed E-state index contributed by atoms with van der Waals surface area (Å²) in [6, 6.07) is 16.1. The van der Waals surface area contributed by atoms with Gasteiger partial charge in [-0.25, -0.2) is 8.42 Å². The van der Waals surface area contributed by atoms with Crippen LogP contribution >= 0.6 is 0 Å². The second kappa shape index (κ2) is 10.8. The molecule has 0 aliphatic carbocycles. The van der Waals surface area contributed by atoms with E-state index < -0.39 is 26.7 Å². The van der Waals surface area contributed by atoms with Gasteiger partial charge in [0, 0.05) is 25.3 Å². The average Bonchev–Trinajstić information content (AvgIpc) is 3.37. The van der Waals surface area contributed by atoms with Crippen LogP contribution in [0.3, 0.4) is 0 Å². The number of halogens is 3. The zero-order chi connectivity index (χ0) is 24.9. The highest BCUT2D eigenvalue weighted by atomic mass is 32.2. The fourth-order valence-corrected chi connectivity index (χ4v) is 5.44. The van der Waals surface area contributed by atoms with Gasteiger partial charge in [0.15, 0.2) is 0 Å². The van der Waals surface area contributed by atoms with Crippen LogP contribution < -0.4 is 4.74 Å². The van der Waals surface area contributed by atoms with Crippen molar-refractivity contribution < 1.29 is 31.1 Å². The van der Waals surface area contributed by atoms with Crippen molar-refractivity contribution in [2.24, 2.45) is 5.92 Å². The van der Waals surface area contributed by atoms with E-state index in [-0.39, 0.29) is 13.1 Å². The van der Waals surface area contributed by atoms with E-state index in [9.17, 15) is 21.6 Å².